The van der Waals surface area contributed by atoms with Crippen LogP contribution in [0.2, 0.25) is 0 Å². The highest BCUT2D eigenvalue weighted by molar-refractivity contribution is 6.47. The quantitative estimate of drug-likeness (QED) is 0.777. The number of hydrazone groups is 1. The van der Waals surface area contributed by atoms with Gasteiger partial charge in [-0.15, -0.1) is 0 Å². The van der Waals surface area contributed by atoms with Crippen molar-refractivity contribution in [2.45, 2.75) is 6.17 Å². The summed E-state index contributed by atoms with van der Waals surface area (Å²) in [7, 11) is 0. The lowest BCUT2D eigenvalue weighted by molar-refractivity contribution is 0.102. The maximum Gasteiger partial charge on any atom is 0.255 e. The van der Waals surface area contributed by atoms with Gasteiger partial charge in [0.1, 0.15) is 23.5 Å². The Balaban J connectivity index is 1.63. The van der Waals surface area contributed by atoms with Crippen molar-refractivity contribution in [1.29, 1.82) is 0 Å². The second-order valence-electron chi connectivity index (χ2n) is 6.39. The molecule has 2 aromatic carbocycles. The number of aliphatic imine (C=N–C) groups is 1. The molecule has 2 unspecified atom stereocenters. The van der Waals surface area contributed by atoms with Crippen molar-refractivity contribution < 1.29 is 22.8 Å². The largest absolute Gasteiger partial charge is 0.319 e. The number of rotatable bonds is 4. The zero-order chi connectivity index (χ0) is 20.5. The summed E-state index contributed by atoms with van der Waals surface area (Å²) < 4.78 is 42.3. The molecule has 0 bridgehead atoms. The van der Waals surface area contributed by atoms with Gasteiger partial charge in [-0.2, -0.15) is 5.10 Å². The molecule has 2 heterocycles. The van der Waals surface area contributed by atoms with Crippen molar-refractivity contribution in [3.05, 3.63) is 77.1 Å². The van der Waals surface area contributed by atoms with Gasteiger partial charge < -0.3 is 5.32 Å². The zero-order valence-corrected chi connectivity index (χ0v) is 14.7. The molecule has 2 N–H and O–H groups in total. The number of anilines is 1. The van der Waals surface area contributed by atoms with Crippen LogP contribution in [0.3, 0.4) is 0 Å². The van der Waals surface area contributed by atoms with Crippen LogP contribution in [0.4, 0.5) is 18.9 Å². The molecule has 2 aliphatic heterocycles. The van der Waals surface area contributed by atoms with Gasteiger partial charge in [0, 0.05) is 17.8 Å². The zero-order valence-electron chi connectivity index (χ0n) is 14.7. The second kappa shape index (κ2) is 7.34. The van der Waals surface area contributed by atoms with E-state index in [2.05, 4.69) is 20.8 Å². The fourth-order valence-corrected chi connectivity index (χ4v) is 3.08. The monoisotopic (exact) mass is 398 g/mol. The minimum atomic E-state index is -1.12. The molecule has 0 saturated carbocycles. The molecule has 29 heavy (non-hydrogen) atoms. The Morgan fingerprint density at radius 1 is 1.07 bits per heavy atom. The number of allylic oxidation sites excluding steroid dienone is 1. The first-order chi connectivity index (χ1) is 13.9. The molecular formula is C20H13F3N4O2. The van der Waals surface area contributed by atoms with Gasteiger partial charge in [0.15, 0.2) is 5.82 Å². The number of hydrogen-bond acceptors (Lipinski definition) is 5. The molecule has 0 fully saturated rings. The van der Waals surface area contributed by atoms with Crippen LogP contribution < -0.4 is 10.7 Å². The third kappa shape index (κ3) is 3.54. The molecule has 2 aromatic rings. The molecular weight excluding hydrogens is 385 g/mol. The van der Waals surface area contributed by atoms with E-state index < -0.39 is 52.5 Å². The number of fused-ring (bicyclic) bond motifs is 1. The van der Waals surface area contributed by atoms with Gasteiger partial charge in [-0.05, 0) is 30.3 Å². The second-order valence-corrected chi connectivity index (χ2v) is 6.39. The first kappa shape index (κ1) is 18.6. The van der Waals surface area contributed by atoms with Crippen molar-refractivity contribution in [2.24, 2.45) is 16.0 Å². The molecule has 0 saturated heterocycles. The number of hydrogen-bond donors (Lipinski definition) is 2. The number of ketones is 1. The van der Waals surface area contributed by atoms with Crippen LogP contribution in [0.15, 0.2) is 58.6 Å². The van der Waals surface area contributed by atoms with Crippen molar-refractivity contribution in [3.8, 4) is 0 Å². The SMILES string of the molecule is O=C(Nc1cc(F)cc(C(=O)C2=NNC3N=CC=CC23)c1F)c1cccc(F)c1. The van der Waals surface area contributed by atoms with Crippen LogP contribution in [-0.4, -0.2) is 29.8 Å². The molecule has 9 heteroatoms. The molecule has 6 nitrogen and oxygen atoms in total. The van der Waals surface area contributed by atoms with E-state index >= 15 is 0 Å². The van der Waals surface area contributed by atoms with E-state index in [0.29, 0.717) is 0 Å². The lowest BCUT2D eigenvalue weighted by Crippen LogP contribution is -2.31. The Bertz CT molecular complexity index is 1110. The fraction of sp³-hybridized carbons (Fsp3) is 0.100. The van der Waals surface area contributed by atoms with E-state index in [-0.39, 0.29) is 11.3 Å². The van der Waals surface area contributed by atoms with Gasteiger partial charge in [0.25, 0.3) is 5.91 Å². The highest BCUT2D eigenvalue weighted by Gasteiger charge is 2.36. The summed E-state index contributed by atoms with van der Waals surface area (Å²) in [5.74, 6) is -4.89. The molecule has 0 aliphatic carbocycles. The van der Waals surface area contributed by atoms with E-state index in [1.165, 1.54) is 12.1 Å². The Labute approximate surface area is 162 Å². The summed E-state index contributed by atoms with van der Waals surface area (Å²) in [6.45, 7) is 0. The van der Waals surface area contributed by atoms with E-state index in [1.54, 1.807) is 18.4 Å². The average Bonchev–Trinajstić information content (AvgIpc) is 3.14. The van der Waals surface area contributed by atoms with Crippen LogP contribution in [0.1, 0.15) is 20.7 Å². The molecule has 2 atom stereocenters. The summed E-state index contributed by atoms with van der Waals surface area (Å²) in [6, 6.07) is 6.20. The first-order valence-corrected chi connectivity index (χ1v) is 8.58. The normalized spacial score (nSPS) is 19.3. The highest BCUT2D eigenvalue weighted by Crippen LogP contribution is 2.26. The minimum absolute atomic E-state index is 0.0185. The van der Waals surface area contributed by atoms with Gasteiger partial charge in [-0.25, -0.2) is 13.2 Å². The lowest BCUT2D eigenvalue weighted by atomic mass is 9.92. The predicted molar refractivity (Wildman–Crippen MR) is 101 cm³/mol. The number of benzene rings is 2. The Morgan fingerprint density at radius 3 is 2.69 bits per heavy atom. The number of carbonyl (C=O) groups excluding carboxylic acids is 2. The predicted octanol–water partition coefficient (Wildman–Crippen LogP) is 3.08. The van der Waals surface area contributed by atoms with Crippen LogP contribution in [0.5, 0.6) is 0 Å². The Kier molecular flexibility index (Phi) is 4.71. The van der Waals surface area contributed by atoms with Crippen LogP contribution in [0.25, 0.3) is 0 Å². The molecule has 2 aliphatic rings. The topological polar surface area (TPSA) is 82.9 Å². The smallest absolute Gasteiger partial charge is 0.255 e. The number of nitrogens with one attached hydrogen (secondary N) is 2. The summed E-state index contributed by atoms with van der Waals surface area (Å²) in [5, 5.41) is 6.08. The fourth-order valence-electron chi connectivity index (χ4n) is 3.08. The summed E-state index contributed by atoms with van der Waals surface area (Å²) >= 11 is 0. The summed E-state index contributed by atoms with van der Waals surface area (Å²) in [5.41, 5.74) is 1.44. The maximum atomic E-state index is 14.9. The third-order valence-electron chi connectivity index (χ3n) is 4.47. The maximum absolute atomic E-state index is 14.9. The standard InChI is InChI=1S/C20H13F3N4O2/c21-11-4-1-3-10(7-11)20(29)25-15-9-12(22)8-14(16(15)23)18(28)17-13-5-2-6-24-19(13)27-26-17/h1-9,13,19,27H,(H,25,29). The third-order valence-corrected chi connectivity index (χ3v) is 4.47. The number of amides is 1. The summed E-state index contributed by atoms with van der Waals surface area (Å²) in [6.07, 6.45) is 4.37. The van der Waals surface area contributed by atoms with Gasteiger partial charge in [-0.1, -0.05) is 12.1 Å². The highest BCUT2D eigenvalue weighted by atomic mass is 19.1. The Morgan fingerprint density at radius 2 is 1.90 bits per heavy atom. The van der Waals surface area contributed by atoms with Crippen LogP contribution >= 0.6 is 0 Å². The average molecular weight is 398 g/mol. The van der Waals surface area contributed by atoms with Gasteiger partial charge in [-0.3, -0.25) is 20.0 Å². The number of Topliss-reactive ketones (excluding diaryl/α,β-unsaturated/α-hetero) is 1. The molecule has 0 aromatic heterocycles. The van der Waals surface area contributed by atoms with Crippen molar-refractivity contribution in [3.63, 3.8) is 0 Å². The van der Waals surface area contributed by atoms with Crippen molar-refractivity contribution in [2.75, 3.05) is 5.32 Å². The molecule has 0 radical (unpaired) electrons. The van der Waals surface area contributed by atoms with Gasteiger partial charge >= 0.3 is 0 Å². The van der Waals surface area contributed by atoms with Crippen molar-refractivity contribution in [1.82, 2.24) is 5.43 Å². The number of dihydropyridines is 1. The number of nitrogens with zero attached hydrogens (tertiary/aromatic N) is 2. The summed E-state index contributed by atoms with van der Waals surface area (Å²) in [4.78, 5) is 29.2. The van der Waals surface area contributed by atoms with E-state index in [1.807, 2.05) is 0 Å². The van der Waals surface area contributed by atoms with Gasteiger partial charge in [0.2, 0.25) is 5.78 Å². The molecule has 0 spiro atoms. The van der Waals surface area contributed by atoms with E-state index in [0.717, 1.165) is 24.3 Å². The van der Waals surface area contributed by atoms with Crippen molar-refractivity contribution >= 4 is 29.3 Å². The lowest BCUT2D eigenvalue weighted by Gasteiger charge is -2.16. The first-order valence-electron chi connectivity index (χ1n) is 8.58. The minimum Gasteiger partial charge on any atom is -0.319 e. The van der Waals surface area contributed by atoms with Crippen LogP contribution in [0, 0.1) is 23.4 Å². The Hall–Kier alpha value is -3.75. The van der Waals surface area contributed by atoms with Crippen LogP contribution in [-0.2, 0) is 0 Å². The molecule has 4 rings (SSSR count). The number of carbonyl (C=O) groups is 2. The molecule has 1 amide bonds. The van der Waals surface area contributed by atoms with Gasteiger partial charge in [0.05, 0.1) is 17.2 Å². The van der Waals surface area contributed by atoms with E-state index in [9.17, 15) is 22.8 Å². The number of halogens is 3. The molecule has 146 valence electrons. The van der Waals surface area contributed by atoms with E-state index in [4.69, 9.17) is 0 Å².